The third kappa shape index (κ3) is 9.42. The summed E-state index contributed by atoms with van der Waals surface area (Å²) < 4.78 is 5.80. The quantitative estimate of drug-likeness (QED) is 0.449. The Morgan fingerprint density at radius 3 is 2.20 bits per heavy atom. The van der Waals surface area contributed by atoms with Gasteiger partial charge in [-0.1, -0.05) is 59.1 Å². The predicted octanol–water partition coefficient (Wildman–Crippen LogP) is 5.40. The molecule has 0 amide bonds. The highest BCUT2D eigenvalue weighted by Crippen LogP contribution is 2.16. The first-order valence-electron chi connectivity index (χ1n) is 9.67. The lowest BCUT2D eigenvalue weighted by atomic mass is 10.0. The fraction of sp³-hybridized carbons (Fsp3) is 0.636. The van der Waals surface area contributed by atoms with E-state index in [1.165, 1.54) is 0 Å². The highest BCUT2D eigenvalue weighted by Gasteiger charge is 2.09. The monoisotopic (exact) mass is 346 g/mol. The Balaban J connectivity index is 2.16. The molecule has 3 heteroatoms. The fourth-order valence-electron chi connectivity index (χ4n) is 2.56. The molecule has 0 fully saturated rings. The number of ketones is 2. The van der Waals surface area contributed by atoms with Gasteiger partial charge in [0, 0.05) is 24.7 Å². The molecule has 0 unspecified atom stereocenters. The summed E-state index contributed by atoms with van der Waals surface area (Å²) in [5.74, 6) is 1.71. The van der Waals surface area contributed by atoms with Crippen LogP contribution < -0.4 is 4.74 Å². The Hall–Kier alpha value is -1.64. The van der Waals surface area contributed by atoms with Crippen molar-refractivity contribution in [2.75, 3.05) is 6.61 Å². The zero-order valence-electron chi connectivity index (χ0n) is 16.3. The zero-order valence-corrected chi connectivity index (χ0v) is 16.3. The van der Waals surface area contributed by atoms with Crippen molar-refractivity contribution in [3.8, 4) is 5.75 Å². The molecule has 0 aliphatic heterocycles. The molecule has 0 N–H and O–H groups in total. The predicted molar refractivity (Wildman–Crippen MR) is 103 cm³/mol. The molecule has 0 saturated heterocycles. The van der Waals surface area contributed by atoms with Crippen molar-refractivity contribution in [1.82, 2.24) is 0 Å². The van der Waals surface area contributed by atoms with Crippen LogP contribution in [0, 0.1) is 11.8 Å². The molecule has 1 aromatic rings. The summed E-state index contributed by atoms with van der Waals surface area (Å²) in [6.07, 6.45) is 6.61. The van der Waals surface area contributed by atoms with Crippen LogP contribution >= 0.6 is 0 Å². The van der Waals surface area contributed by atoms with Crippen molar-refractivity contribution in [1.29, 1.82) is 0 Å². The number of carbonyl (C=O) groups is 2. The van der Waals surface area contributed by atoms with Gasteiger partial charge in [-0.05, 0) is 30.5 Å². The molecule has 0 saturated carbocycles. The van der Waals surface area contributed by atoms with Crippen molar-refractivity contribution < 1.29 is 14.3 Å². The number of Topliss-reactive ketones (excluding diaryl/α,β-unsaturated/α-hetero) is 2. The molecule has 0 aromatic heterocycles. The number of hydrogen-bond donors (Lipinski definition) is 0. The van der Waals surface area contributed by atoms with Gasteiger partial charge < -0.3 is 4.74 Å². The summed E-state index contributed by atoms with van der Waals surface area (Å²) in [6.45, 7) is 8.50. The van der Waals surface area contributed by atoms with Gasteiger partial charge in [-0.25, -0.2) is 0 Å². The van der Waals surface area contributed by atoms with E-state index < -0.39 is 0 Å². The Labute approximate surface area is 153 Å². The molecule has 0 aliphatic rings. The maximum Gasteiger partial charge on any atom is 0.139 e. The maximum atomic E-state index is 11.8. The lowest BCUT2D eigenvalue weighted by Gasteiger charge is -2.09. The van der Waals surface area contributed by atoms with Gasteiger partial charge in [0.15, 0.2) is 0 Å². The van der Waals surface area contributed by atoms with E-state index in [0.29, 0.717) is 18.8 Å². The Morgan fingerprint density at radius 1 is 0.880 bits per heavy atom. The van der Waals surface area contributed by atoms with Crippen LogP contribution in [0.5, 0.6) is 5.75 Å². The van der Waals surface area contributed by atoms with Crippen LogP contribution in [0.2, 0.25) is 0 Å². The van der Waals surface area contributed by atoms with Gasteiger partial charge in [-0.3, -0.25) is 9.59 Å². The van der Waals surface area contributed by atoms with E-state index in [9.17, 15) is 9.59 Å². The molecule has 0 atom stereocenters. The van der Waals surface area contributed by atoms with Gasteiger partial charge in [0.25, 0.3) is 0 Å². The van der Waals surface area contributed by atoms with Crippen LogP contribution in [0.1, 0.15) is 71.8 Å². The van der Waals surface area contributed by atoms with Crippen molar-refractivity contribution >= 4 is 11.6 Å². The Bertz CT molecular complexity index is 532. The second-order valence-electron chi connectivity index (χ2n) is 7.43. The standard InChI is InChI=1S/C22H34O3/c1-17(2)21(23)13-8-6-5-7-9-14-25-20-12-10-11-19(15-20)16-22(24)18(3)4/h10-12,15,17-18H,5-9,13-14,16H2,1-4H3. The number of carbonyl (C=O) groups excluding carboxylic acids is 2. The normalized spacial score (nSPS) is 11.1. The van der Waals surface area contributed by atoms with Crippen LogP contribution in [0.3, 0.4) is 0 Å². The molecule has 25 heavy (non-hydrogen) atoms. The smallest absolute Gasteiger partial charge is 0.139 e. The minimum absolute atomic E-state index is 0.0698. The molecule has 1 aromatic carbocycles. The van der Waals surface area contributed by atoms with Gasteiger partial charge in [-0.2, -0.15) is 0 Å². The molecule has 0 radical (unpaired) electrons. The average Bonchev–Trinajstić information content (AvgIpc) is 2.57. The van der Waals surface area contributed by atoms with Gasteiger partial charge in [-0.15, -0.1) is 0 Å². The Morgan fingerprint density at radius 2 is 1.52 bits per heavy atom. The molecular formula is C22H34O3. The summed E-state index contributed by atoms with van der Waals surface area (Å²) >= 11 is 0. The van der Waals surface area contributed by atoms with Gasteiger partial charge >= 0.3 is 0 Å². The van der Waals surface area contributed by atoms with E-state index in [1.807, 2.05) is 52.0 Å². The minimum atomic E-state index is 0.0698. The van der Waals surface area contributed by atoms with E-state index in [0.717, 1.165) is 49.8 Å². The molecule has 140 valence electrons. The number of ether oxygens (including phenoxy) is 1. The van der Waals surface area contributed by atoms with Crippen molar-refractivity contribution in [2.45, 2.75) is 72.6 Å². The lowest BCUT2D eigenvalue weighted by Crippen LogP contribution is -2.10. The second kappa shape index (κ2) is 11.8. The summed E-state index contributed by atoms with van der Waals surface area (Å²) in [6, 6.07) is 7.84. The summed E-state index contributed by atoms with van der Waals surface area (Å²) in [5, 5.41) is 0. The number of unbranched alkanes of at least 4 members (excludes halogenated alkanes) is 4. The van der Waals surface area contributed by atoms with Crippen LogP contribution in [-0.2, 0) is 16.0 Å². The molecule has 0 bridgehead atoms. The lowest BCUT2D eigenvalue weighted by molar-refractivity contribution is -0.122. The minimum Gasteiger partial charge on any atom is -0.494 e. The maximum absolute atomic E-state index is 11.8. The van der Waals surface area contributed by atoms with Gasteiger partial charge in [0.1, 0.15) is 17.3 Å². The molecule has 0 aliphatic carbocycles. The topological polar surface area (TPSA) is 43.4 Å². The second-order valence-corrected chi connectivity index (χ2v) is 7.43. The molecule has 0 spiro atoms. The summed E-state index contributed by atoms with van der Waals surface area (Å²) in [5.41, 5.74) is 1.02. The molecule has 3 nitrogen and oxygen atoms in total. The first kappa shape index (κ1) is 21.4. The third-order valence-electron chi connectivity index (χ3n) is 4.40. The van der Waals surface area contributed by atoms with Crippen LogP contribution in [0.25, 0.3) is 0 Å². The highest BCUT2D eigenvalue weighted by atomic mass is 16.5. The van der Waals surface area contributed by atoms with Crippen LogP contribution in [0.15, 0.2) is 24.3 Å². The number of benzene rings is 1. The summed E-state index contributed by atoms with van der Waals surface area (Å²) in [7, 11) is 0. The molecular weight excluding hydrogens is 312 g/mol. The van der Waals surface area contributed by atoms with Crippen molar-refractivity contribution in [3.05, 3.63) is 29.8 Å². The highest BCUT2D eigenvalue weighted by molar-refractivity contribution is 5.82. The molecule has 1 rings (SSSR count). The SMILES string of the molecule is CC(C)C(=O)CCCCCCCOc1cccc(CC(=O)C(C)C)c1. The van der Waals surface area contributed by atoms with Gasteiger partial charge in [0.05, 0.1) is 6.61 Å². The van der Waals surface area contributed by atoms with Crippen LogP contribution in [-0.4, -0.2) is 18.2 Å². The average molecular weight is 347 g/mol. The molecule has 0 heterocycles. The van der Waals surface area contributed by atoms with Gasteiger partial charge in [0.2, 0.25) is 0 Å². The van der Waals surface area contributed by atoms with Crippen LogP contribution in [0.4, 0.5) is 0 Å². The third-order valence-corrected chi connectivity index (χ3v) is 4.40. The summed E-state index contributed by atoms with van der Waals surface area (Å²) in [4.78, 5) is 23.4. The largest absolute Gasteiger partial charge is 0.494 e. The number of hydrogen-bond acceptors (Lipinski definition) is 3. The van der Waals surface area contributed by atoms with Crippen molar-refractivity contribution in [2.24, 2.45) is 11.8 Å². The van der Waals surface area contributed by atoms with E-state index in [-0.39, 0.29) is 17.6 Å². The zero-order chi connectivity index (χ0) is 18.7. The van der Waals surface area contributed by atoms with E-state index in [4.69, 9.17) is 4.74 Å². The van der Waals surface area contributed by atoms with E-state index in [2.05, 4.69) is 0 Å². The fourth-order valence-corrected chi connectivity index (χ4v) is 2.56. The van der Waals surface area contributed by atoms with E-state index >= 15 is 0 Å². The first-order chi connectivity index (χ1) is 11.9. The number of rotatable bonds is 13. The van der Waals surface area contributed by atoms with E-state index in [1.54, 1.807) is 0 Å². The first-order valence-corrected chi connectivity index (χ1v) is 9.67. The Kier molecular flexibility index (Phi) is 10.1. The van der Waals surface area contributed by atoms with Crippen molar-refractivity contribution in [3.63, 3.8) is 0 Å².